The lowest BCUT2D eigenvalue weighted by atomic mass is 9.73. The first-order chi connectivity index (χ1) is 9.50. The van der Waals surface area contributed by atoms with Crippen molar-refractivity contribution < 1.29 is 0 Å². The van der Waals surface area contributed by atoms with Gasteiger partial charge in [0.15, 0.2) is 0 Å². The zero-order valence-corrected chi connectivity index (χ0v) is 13.0. The summed E-state index contributed by atoms with van der Waals surface area (Å²) in [4.78, 5) is 4.71. The molecule has 0 spiro atoms. The van der Waals surface area contributed by atoms with Crippen LogP contribution in [0.5, 0.6) is 0 Å². The first kappa shape index (κ1) is 13.5. The van der Waals surface area contributed by atoms with Crippen LogP contribution < -0.4 is 15.1 Å². The van der Waals surface area contributed by atoms with Crippen molar-refractivity contribution in [3.8, 4) is 0 Å². The fourth-order valence-corrected chi connectivity index (χ4v) is 4.19. The Morgan fingerprint density at radius 1 is 1.45 bits per heavy atom. The quantitative estimate of drug-likeness (QED) is 0.834. The fourth-order valence-electron chi connectivity index (χ4n) is 4.19. The lowest BCUT2D eigenvalue weighted by Gasteiger charge is -2.46. The third kappa shape index (κ3) is 1.56. The number of fused-ring (bicyclic) bond motifs is 3. The maximum atomic E-state index is 4.34. The van der Waals surface area contributed by atoms with E-state index in [1.165, 1.54) is 22.5 Å². The molecular weight excluding hydrogens is 246 g/mol. The number of piperidine rings is 1. The molecule has 2 heterocycles. The summed E-state index contributed by atoms with van der Waals surface area (Å²) in [6.45, 7) is 8.64. The molecule has 0 radical (unpaired) electrons. The van der Waals surface area contributed by atoms with Crippen LogP contribution in [0, 0.1) is 0 Å². The number of nitrogens with zero attached hydrogens (tertiary/aromatic N) is 2. The highest BCUT2D eigenvalue weighted by Gasteiger charge is 2.52. The average molecular weight is 271 g/mol. The predicted octanol–water partition coefficient (Wildman–Crippen LogP) is 2.59. The minimum absolute atomic E-state index is 0.0830. The van der Waals surface area contributed by atoms with Crippen molar-refractivity contribution in [2.75, 3.05) is 44.0 Å². The number of para-hydroxylation sites is 1. The molecule has 20 heavy (non-hydrogen) atoms. The van der Waals surface area contributed by atoms with Crippen LogP contribution in [-0.2, 0) is 0 Å². The summed E-state index contributed by atoms with van der Waals surface area (Å²) < 4.78 is 0. The Hall–Kier alpha value is -1.48. The van der Waals surface area contributed by atoms with E-state index in [2.05, 4.69) is 68.0 Å². The Kier molecular flexibility index (Phi) is 3.05. The molecule has 1 aromatic rings. The maximum absolute atomic E-state index is 4.34. The van der Waals surface area contributed by atoms with Gasteiger partial charge in [-0.1, -0.05) is 24.3 Å². The monoisotopic (exact) mass is 271 g/mol. The second kappa shape index (κ2) is 4.52. The summed E-state index contributed by atoms with van der Waals surface area (Å²) in [6, 6.07) is 6.69. The first-order valence-corrected chi connectivity index (χ1v) is 7.41. The van der Waals surface area contributed by atoms with Gasteiger partial charge in [0.05, 0.1) is 16.9 Å². The fraction of sp³-hybridized carbons (Fsp3) is 0.529. The van der Waals surface area contributed by atoms with Gasteiger partial charge in [-0.3, -0.25) is 0 Å². The Balaban J connectivity index is 2.22. The number of anilines is 2. The zero-order chi connectivity index (χ0) is 14.5. The van der Waals surface area contributed by atoms with E-state index in [0.29, 0.717) is 5.92 Å². The van der Waals surface area contributed by atoms with Gasteiger partial charge in [-0.05, 0) is 31.5 Å². The van der Waals surface area contributed by atoms with Crippen LogP contribution in [0.1, 0.15) is 24.8 Å². The highest BCUT2D eigenvalue weighted by molar-refractivity contribution is 5.81. The third-order valence-corrected chi connectivity index (χ3v) is 5.18. The molecule has 3 nitrogen and oxygen atoms in total. The van der Waals surface area contributed by atoms with Crippen LogP contribution in [0.25, 0.3) is 0 Å². The molecule has 0 amide bonds. The van der Waals surface area contributed by atoms with Gasteiger partial charge in [0.25, 0.3) is 0 Å². The highest BCUT2D eigenvalue weighted by atomic mass is 15.3. The molecule has 3 rings (SSSR count). The molecule has 2 aliphatic rings. The van der Waals surface area contributed by atoms with Crippen LogP contribution in [0.4, 0.5) is 11.4 Å². The summed E-state index contributed by atoms with van der Waals surface area (Å²) in [6.07, 6.45) is 1.13. The normalized spacial score (nSPS) is 28.0. The molecule has 0 bridgehead atoms. The van der Waals surface area contributed by atoms with Crippen molar-refractivity contribution in [3.05, 3.63) is 35.9 Å². The van der Waals surface area contributed by atoms with Crippen LogP contribution in [0.2, 0.25) is 0 Å². The van der Waals surface area contributed by atoms with Crippen LogP contribution >= 0.6 is 0 Å². The zero-order valence-electron chi connectivity index (χ0n) is 13.0. The third-order valence-electron chi connectivity index (χ3n) is 5.18. The second-order valence-electron chi connectivity index (χ2n) is 6.38. The minimum atomic E-state index is 0.0830. The number of likely N-dealkylation sites (N-methyl/N-ethyl adjacent to an activating group) is 1. The molecule has 1 saturated heterocycles. The standard InChI is InChI=1S/C17H25N3/c1-12(2)17-9-10-18-11-14(17)13-7-6-8-15(19(3)4)16(13)20(17)5/h6-8,14,18H,1,9-11H2,2-5H3/t14?,17-/m1/s1. The summed E-state index contributed by atoms with van der Waals surface area (Å²) in [5.41, 5.74) is 5.52. The smallest absolute Gasteiger partial charge is 0.0699 e. The van der Waals surface area contributed by atoms with Gasteiger partial charge in [-0.25, -0.2) is 0 Å². The maximum Gasteiger partial charge on any atom is 0.0699 e. The van der Waals surface area contributed by atoms with Gasteiger partial charge in [-0.15, -0.1) is 0 Å². The highest BCUT2D eigenvalue weighted by Crippen LogP contribution is 2.55. The van der Waals surface area contributed by atoms with Gasteiger partial charge in [0.1, 0.15) is 0 Å². The summed E-state index contributed by atoms with van der Waals surface area (Å²) in [7, 11) is 6.49. The topological polar surface area (TPSA) is 18.5 Å². The molecule has 1 N–H and O–H groups in total. The molecule has 2 atom stereocenters. The molecule has 2 aliphatic heterocycles. The van der Waals surface area contributed by atoms with Gasteiger partial charge < -0.3 is 15.1 Å². The Morgan fingerprint density at radius 3 is 2.85 bits per heavy atom. The molecular formula is C17H25N3. The Labute approximate surface area is 122 Å². The molecule has 0 aromatic heterocycles. The van der Waals surface area contributed by atoms with E-state index in [-0.39, 0.29) is 5.54 Å². The minimum Gasteiger partial charge on any atom is -0.376 e. The van der Waals surface area contributed by atoms with E-state index >= 15 is 0 Å². The SMILES string of the molecule is C=C(C)[C@]12CCNCC1c1cccc(N(C)C)c1N2C. The van der Waals surface area contributed by atoms with E-state index in [1.807, 2.05) is 0 Å². The van der Waals surface area contributed by atoms with Crippen molar-refractivity contribution >= 4 is 11.4 Å². The summed E-state index contributed by atoms with van der Waals surface area (Å²) >= 11 is 0. The molecule has 0 aliphatic carbocycles. The van der Waals surface area contributed by atoms with Gasteiger partial charge >= 0.3 is 0 Å². The van der Waals surface area contributed by atoms with Crippen LogP contribution in [0.15, 0.2) is 30.4 Å². The van der Waals surface area contributed by atoms with Crippen molar-refractivity contribution in [2.24, 2.45) is 0 Å². The van der Waals surface area contributed by atoms with Crippen molar-refractivity contribution in [3.63, 3.8) is 0 Å². The van der Waals surface area contributed by atoms with Crippen molar-refractivity contribution in [1.29, 1.82) is 0 Å². The van der Waals surface area contributed by atoms with Gasteiger partial charge in [0, 0.05) is 33.6 Å². The molecule has 0 saturated carbocycles. The molecule has 1 unspecified atom stereocenters. The van der Waals surface area contributed by atoms with Crippen molar-refractivity contribution in [2.45, 2.75) is 24.8 Å². The summed E-state index contributed by atoms with van der Waals surface area (Å²) in [5.74, 6) is 0.508. The second-order valence-corrected chi connectivity index (χ2v) is 6.38. The van der Waals surface area contributed by atoms with Crippen LogP contribution in [0.3, 0.4) is 0 Å². The van der Waals surface area contributed by atoms with E-state index in [9.17, 15) is 0 Å². The Bertz CT molecular complexity index is 549. The number of hydrogen-bond acceptors (Lipinski definition) is 3. The first-order valence-electron chi connectivity index (χ1n) is 7.41. The number of benzene rings is 1. The largest absolute Gasteiger partial charge is 0.376 e. The number of hydrogen-bond donors (Lipinski definition) is 1. The lowest BCUT2D eigenvalue weighted by molar-refractivity contribution is 0.318. The van der Waals surface area contributed by atoms with E-state index in [4.69, 9.17) is 0 Å². The van der Waals surface area contributed by atoms with E-state index < -0.39 is 0 Å². The summed E-state index contributed by atoms with van der Waals surface area (Å²) in [5, 5.41) is 3.56. The number of nitrogens with one attached hydrogen (secondary N) is 1. The molecule has 108 valence electrons. The van der Waals surface area contributed by atoms with E-state index in [0.717, 1.165) is 19.5 Å². The van der Waals surface area contributed by atoms with Crippen molar-refractivity contribution in [1.82, 2.24) is 5.32 Å². The lowest BCUT2D eigenvalue weighted by Crippen LogP contribution is -2.55. The van der Waals surface area contributed by atoms with Gasteiger partial charge in [0.2, 0.25) is 0 Å². The van der Waals surface area contributed by atoms with Gasteiger partial charge in [-0.2, -0.15) is 0 Å². The predicted molar refractivity (Wildman–Crippen MR) is 86.9 cm³/mol. The van der Waals surface area contributed by atoms with Crippen LogP contribution in [-0.4, -0.2) is 39.8 Å². The average Bonchev–Trinajstić information content (AvgIpc) is 2.70. The van der Waals surface area contributed by atoms with E-state index in [1.54, 1.807) is 0 Å². The molecule has 3 heteroatoms. The Morgan fingerprint density at radius 2 is 2.20 bits per heavy atom. The molecule has 1 aromatic carbocycles. The number of rotatable bonds is 2. The molecule has 1 fully saturated rings.